The number of rotatable bonds is 2. The minimum atomic E-state index is -2.95. The normalized spacial score (nSPS) is 27.4. The fourth-order valence-corrected chi connectivity index (χ4v) is 2.01. The summed E-state index contributed by atoms with van der Waals surface area (Å²) in [6, 6.07) is 0. The zero-order valence-corrected chi connectivity index (χ0v) is 10.5. The van der Waals surface area contributed by atoms with E-state index in [1.807, 2.05) is 19.9 Å². The van der Waals surface area contributed by atoms with Crippen LogP contribution in [-0.4, -0.2) is 41.7 Å². The molecule has 1 unspecified atom stereocenters. The second-order valence-corrected chi connectivity index (χ2v) is 4.21. The van der Waals surface area contributed by atoms with Gasteiger partial charge in [-0.2, -0.15) is 0 Å². The third-order valence-corrected chi connectivity index (χ3v) is 2.83. The molecule has 2 rings (SSSR count). The van der Waals surface area contributed by atoms with Crippen molar-refractivity contribution in [3.05, 3.63) is 23.8 Å². The lowest BCUT2D eigenvalue weighted by atomic mass is 10.1. The van der Waals surface area contributed by atoms with Crippen molar-refractivity contribution in [1.29, 1.82) is 0 Å². The molecule has 0 saturated carbocycles. The van der Waals surface area contributed by atoms with Crippen LogP contribution in [-0.2, 0) is 0 Å². The lowest BCUT2D eigenvalue weighted by molar-refractivity contribution is -0.0729. The number of aliphatic hydroxyl groups excluding tert-OH is 1. The number of likely N-dealkylation sites (tertiary alicyclic amines) is 1. The molecular formula is C13H21F2NO. The molecule has 0 aromatic rings. The predicted octanol–water partition coefficient (Wildman–Crippen LogP) is 2.60. The fourth-order valence-electron chi connectivity index (χ4n) is 2.01. The van der Waals surface area contributed by atoms with Crippen LogP contribution >= 0.6 is 0 Å². The van der Waals surface area contributed by atoms with Crippen molar-refractivity contribution in [1.82, 2.24) is 4.90 Å². The van der Waals surface area contributed by atoms with Gasteiger partial charge in [-0.05, 0) is 18.4 Å². The summed E-state index contributed by atoms with van der Waals surface area (Å²) >= 11 is 0. The Labute approximate surface area is 102 Å². The number of allylic oxidation sites excluding steroid dienone is 2. The summed E-state index contributed by atoms with van der Waals surface area (Å²) in [4.78, 5) is 1.60. The minimum absolute atomic E-state index is 0.0676. The fraction of sp³-hybridized carbons (Fsp3) is 0.692. The van der Waals surface area contributed by atoms with Crippen molar-refractivity contribution >= 4 is 0 Å². The maximum Gasteiger partial charge on any atom is 0.287 e. The maximum atomic E-state index is 13.0. The quantitative estimate of drug-likeness (QED) is 0.808. The van der Waals surface area contributed by atoms with Crippen molar-refractivity contribution in [3.63, 3.8) is 0 Å². The highest BCUT2D eigenvalue weighted by Crippen LogP contribution is 2.28. The standard InChI is InChI=1S/C11H15F2NO.C2H6/c12-11(13)8-14(7-10(11)15)6-9-4-2-1-3-5-9;1-2/h2,4-5,10,15H,1,3,6-8H2;1-2H3. The van der Waals surface area contributed by atoms with E-state index in [2.05, 4.69) is 12.2 Å². The first-order valence-corrected chi connectivity index (χ1v) is 6.22. The van der Waals surface area contributed by atoms with Crippen LogP contribution in [0.1, 0.15) is 26.7 Å². The highest BCUT2D eigenvalue weighted by atomic mass is 19.3. The average molecular weight is 245 g/mol. The molecule has 0 bridgehead atoms. The van der Waals surface area contributed by atoms with Gasteiger partial charge in [0.2, 0.25) is 0 Å². The molecule has 0 aromatic carbocycles. The molecule has 1 saturated heterocycles. The molecule has 0 aromatic heterocycles. The van der Waals surface area contributed by atoms with E-state index in [0.29, 0.717) is 6.54 Å². The van der Waals surface area contributed by atoms with Crippen LogP contribution in [0.4, 0.5) is 8.78 Å². The Hall–Kier alpha value is -0.740. The van der Waals surface area contributed by atoms with E-state index in [1.165, 1.54) is 0 Å². The van der Waals surface area contributed by atoms with Crippen molar-refractivity contribution in [2.45, 2.75) is 38.7 Å². The smallest absolute Gasteiger partial charge is 0.287 e. The van der Waals surface area contributed by atoms with Gasteiger partial charge in [-0.1, -0.05) is 32.1 Å². The molecule has 1 heterocycles. The second-order valence-electron chi connectivity index (χ2n) is 4.21. The Morgan fingerprint density at radius 3 is 2.59 bits per heavy atom. The van der Waals surface area contributed by atoms with Gasteiger partial charge in [0.15, 0.2) is 0 Å². The summed E-state index contributed by atoms with van der Waals surface area (Å²) < 4.78 is 26.0. The molecule has 4 heteroatoms. The Morgan fingerprint density at radius 1 is 1.41 bits per heavy atom. The van der Waals surface area contributed by atoms with E-state index in [1.54, 1.807) is 4.90 Å². The zero-order valence-electron chi connectivity index (χ0n) is 10.5. The monoisotopic (exact) mass is 245 g/mol. The van der Waals surface area contributed by atoms with Crippen LogP contribution in [0.3, 0.4) is 0 Å². The molecule has 0 spiro atoms. The van der Waals surface area contributed by atoms with E-state index >= 15 is 0 Å². The number of nitrogens with zero attached hydrogens (tertiary/aromatic N) is 1. The number of aliphatic hydroxyl groups is 1. The molecular weight excluding hydrogens is 224 g/mol. The highest BCUT2D eigenvalue weighted by molar-refractivity contribution is 5.24. The molecule has 1 aliphatic carbocycles. The van der Waals surface area contributed by atoms with Crippen LogP contribution in [0.25, 0.3) is 0 Å². The Bertz CT molecular complexity index is 300. The van der Waals surface area contributed by atoms with E-state index in [0.717, 1.165) is 18.4 Å². The van der Waals surface area contributed by atoms with Gasteiger partial charge in [0.05, 0.1) is 6.54 Å². The van der Waals surface area contributed by atoms with Gasteiger partial charge in [0, 0.05) is 13.1 Å². The Kier molecular flexibility index (Phi) is 5.28. The van der Waals surface area contributed by atoms with E-state index < -0.39 is 12.0 Å². The largest absolute Gasteiger partial charge is 0.385 e. The topological polar surface area (TPSA) is 23.5 Å². The first-order valence-electron chi connectivity index (χ1n) is 6.22. The third-order valence-electron chi connectivity index (χ3n) is 2.83. The van der Waals surface area contributed by atoms with Crippen LogP contribution in [0, 0.1) is 0 Å². The van der Waals surface area contributed by atoms with Crippen LogP contribution < -0.4 is 0 Å². The molecule has 98 valence electrons. The third kappa shape index (κ3) is 3.89. The summed E-state index contributed by atoms with van der Waals surface area (Å²) in [5.74, 6) is -2.95. The Morgan fingerprint density at radius 2 is 2.12 bits per heavy atom. The second kappa shape index (κ2) is 6.26. The van der Waals surface area contributed by atoms with Crippen molar-refractivity contribution in [2.24, 2.45) is 0 Å². The highest BCUT2D eigenvalue weighted by Gasteiger charge is 2.46. The van der Waals surface area contributed by atoms with Gasteiger partial charge < -0.3 is 5.11 Å². The zero-order chi connectivity index (χ0) is 12.9. The molecule has 0 amide bonds. The van der Waals surface area contributed by atoms with Crippen molar-refractivity contribution in [3.8, 4) is 0 Å². The summed E-state index contributed by atoms with van der Waals surface area (Å²) in [5, 5.41) is 9.13. The summed E-state index contributed by atoms with van der Waals surface area (Å²) in [6.07, 6.45) is 6.61. The van der Waals surface area contributed by atoms with Gasteiger partial charge in [-0.3, -0.25) is 4.90 Å². The van der Waals surface area contributed by atoms with Crippen molar-refractivity contribution < 1.29 is 13.9 Å². The van der Waals surface area contributed by atoms with Gasteiger partial charge in [0.25, 0.3) is 5.92 Å². The average Bonchev–Trinajstić information content (AvgIpc) is 2.56. The number of alkyl halides is 2. The molecule has 1 aliphatic heterocycles. The minimum Gasteiger partial charge on any atom is -0.385 e. The van der Waals surface area contributed by atoms with Gasteiger partial charge >= 0.3 is 0 Å². The number of hydrogen-bond donors (Lipinski definition) is 1. The lowest BCUT2D eigenvalue weighted by Crippen LogP contribution is -2.31. The predicted molar refractivity (Wildman–Crippen MR) is 65.2 cm³/mol. The first-order chi connectivity index (χ1) is 8.08. The van der Waals surface area contributed by atoms with Gasteiger partial charge in [0.1, 0.15) is 6.10 Å². The van der Waals surface area contributed by atoms with Crippen LogP contribution in [0.2, 0.25) is 0 Å². The molecule has 2 nitrogen and oxygen atoms in total. The molecule has 2 aliphatic rings. The molecule has 17 heavy (non-hydrogen) atoms. The summed E-state index contributed by atoms with van der Waals surface area (Å²) in [6.45, 7) is 4.25. The SMILES string of the molecule is CC.OC1CN(CC2=CCCC=C2)CC1(F)F. The molecule has 1 N–H and O–H groups in total. The summed E-state index contributed by atoms with van der Waals surface area (Å²) in [5.41, 5.74) is 1.08. The first kappa shape index (κ1) is 14.3. The number of hydrogen-bond acceptors (Lipinski definition) is 2. The number of β-amino-alcohol motifs (C(OH)–C–C–N with tert-alkyl or cyclic N) is 1. The van der Waals surface area contributed by atoms with Crippen LogP contribution in [0.15, 0.2) is 23.8 Å². The maximum absolute atomic E-state index is 13.0. The van der Waals surface area contributed by atoms with Crippen molar-refractivity contribution in [2.75, 3.05) is 19.6 Å². The lowest BCUT2D eigenvalue weighted by Gasteiger charge is -2.16. The van der Waals surface area contributed by atoms with Crippen LogP contribution in [0.5, 0.6) is 0 Å². The molecule has 0 radical (unpaired) electrons. The van der Waals surface area contributed by atoms with E-state index in [-0.39, 0.29) is 13.1 Å². The number of halogens is 2. The molecule has 1 fully saturated rings. The van der Waals surface area contributed by atoms with Gasteiger partial charge in [-0.15, -0.1) is 0 Å². The van der Waals surface area contributed by atoms with Gasteiger partial charge in [-0.25, -0.2) is 8.78 Å². The Balaban J connectivity index is 0.000000686. The van der Waals surface area contributed by atoms with E-state index in [9.17, 15) is 8.78 Å². The van der Waals surface area contributed by atoms with E-state index in [4.69, 9.17) is 5.11 Å². The molecule has 1 atom stereocenters. The summed E-state index contributed by atoms with van der Waals surface area (Å²) in [7, 11) is 0.